The van der Waals surface area contributed by atoms with Gasteiger partial charge in [-0.3, -0.25) is 9.67 Å². The first-order valence-electron chi connectivity index (χ1n) is 9.86. The topological polar surface area (TPSA) is 77.8 Å². The lowest BCUT2D eigenvalue weighted by Crippen LogP contribution is -2.13. The van der Waals surface area contributed by atoms with Crippen molar-refractivity contribution in [3.63, 3.8) is 0 Å². The van der Waals surface area contributed by atoms with Gasteiger partial charge in [-0.15, -0.1) is 0 Å². The zero-order valence-electron chi connectivity index (χ0n) is 16.2. The normalized spacial score (nSPS) is 20.4. The van der Waals surface area contributed by atoms with Crippen LogP contribution in [0.2, 0.25) is 0 Å². The summed E-state index contributed by atoms with van der Waals surface area (Å²) < 4.78 is 7.91. The molecule has 5 rings (SSSR count). The summed E-state index contributed by atoms with van der Waals surface area (Å²) in [7, 11) is 1.90. The van der Waals surface area contributed by atoms with Crippen LogP contribution in [0, 0.1) is 12.8 Å². The first-order valence-corrected chi connectivity index (χ1v) is 9.86. The molecule has 3 aromatic rings. The number of nitrogens with one attached hydrogen (secondary N) is 1. The van der Waals surface area contributed by atoms with E-state index in [-0.39, 0.29) is 0 Å². The molecule has 1 aliphatic heterocycles. The average molecular weight is 376 g/mol. The van der Waals surface area contributed by atoms with Crippen molar-refractivity contribution in [1.82, 2.24) is 24.7 Å². The van der Waals surface area contributed by atoms with Crippen LogP contribution in [0.1, 0.15) is 36.0 Å². The highest BCUT2D eigenvalue weighted by atomic mass is 16.5. The molecule has 0 saturated heterocycles. The van der Waals surface area contributed by atoms with Gasteiger partial charge in [-0.2, -0.15) is 10.1 Å². The quantitative estimate of drug-likeness (QED) is 0.737. The fraction of sp³-hybridized carbons (Fsp3) is 0.429. The second kappa shape index (κ2) is 6.89. The predicted octanol–water partition coefficient (Wildman–Crippen LogP) is 3.12. The van der Waals surface area contributed by atoms with E-state index < -0.39 is 0 Å². The van der Waals surface area contributed by atoms with Crippen LogP contribution in [0.5, 0.6) is 5.88 Å². The molecule has 0 unspecified atom stereocenters. The molecule has 7 heteroatoms. The summed E-state index contributed by atoms with van der Waals surface area (Å²) in [5.74, 6) is 2.31. The van der Waals surface area contributed by atoms with Crippen molar-refractivity contribution in [2.45, 2.75) is 32.1 Å². The summed E-state index contributed by atoms with van der Waals surface area (Å²) in [5, 5.41) is 7.67. The monoisotopic (exact) mass is 376 g/mol. The van der Waals surface area contributed by atoms with Gasteiger partial charge in [0.2, 0.25) is 5.88 Å². The fourth-order valence-corrected chi connectivity index (χ4v) is 3.85. The molecule has 0 amide bonds. The van der Waals surface area contributed by atoms with E-state index in [1.165, 1.54) is 17.1 Å². The summed E-state index contributed by atoms with van der Waals surface area (Å²) in [6.07, 6.45) is 8.92. The first kappa shape index (κ1) is 17.2. The molecule has 0 radical (unpaired) electrons. The van der Waals surface area contributed by atoms with Gasteiger partial charge in [0.15, 0.2) is 0 Å². The number of fused-ring (bicyclic) bond motifs is 1. The average Bonchev–Trinajstić information content (AvgIpc) is 3.37. The number of pyridine rings is 1. The third kappa shape index (κ3) is 3.32. The van der Waals surface area contributed by atoms with Gasteiger partial charge in [0.25, 0.3) is 0 Å². The largest absolute Gasteiger partial charge is 0.477 e. The molecule has 3 aromatic heterocycles. The van der Waals surface area contributed by atoms with Crippen molar-refractivity contribution >= 4 is 5.69 Å². The Morgan fingerprint density at radius 3 is 3.04 bits per heavy atom. The van der Waals surface area contributed by atoms with Gasteiger partial charge in [-0.1, -0.05) is 0 Å². The first-order chi connectivity index (χ1) is 13.7. The summed E-state index contributed by atoms with van der Waals surface area (Å²) in [4.78, 5) is 13.8. The molecule has 0 spiro atoms. The Bertz CT molecular complexity index is 1010. The molecule has 0 aromatic carbocycles. The molecule has 2 atom stereocenters. The summed E-state index contributed by atoms with van der Waals surface area (Å²) >= 11 is 0. The van der Waals surface area contributed by atoms with Crippen LogP contribution in [0.25, 0.3) is 11.1 Å². The van der Waals surface area contributed by atoms with E-state index in [4.69, 9.17) is 9.72 Å². The van der Waals surface area contributed by atoms with E-state index in [0.717, 1.165) is 36.9 Å². The van der Waals surface area contributed by atoms with Gasteiger partial charge in [-0.05, 0) is 38.3 Å². The third-order valence-corrected chi connectivity index (χ3v) is 5.53. The SMILES string of the molecule is Cc1ncc(-c2cnn(C)c2)c(OC[C@H]2C[C@@H]2c2ccc3c(n2)CCCN3)n1. The Kier molecular flexibility index (Phi) is 4.22. The number of hydrogen-bond donors (Lipinski definition) is 1. The highest BCUT2D eigenvalue weighted by molar-refractivity contribution is 5.66. The standard InChI is InChI=1S/C21H24N6O/c1-13-23-10-17(15-9-24-27(2)11-15)21(25-13)28-12-14-8-16(14)18-5-6-19-20(26-18)4-3-7-22-19/h5-6,9-11,14,16,22H,3-4,7-8,12H2,1-2H3/t14-,16+/m1/s1. The summed E-state index contributed by atoms with van der Waals surface area (Å²) in [5.41, 5.74) is 5.45. The number of rotatable bonds is 5. The van der Waals surface area contributed by atoms with Crippen LogP contribution in [-0.4, -0.2) is 37.9 Å². The number of aromatic nitrogens is 5. The number of nitrogens with zero attached hydrogens (tertiary/aromatic N) is 5. The molecule has 4 heterocycles. The second-order valence-electron chi connectivity index (χ2n) is 7.71. The van der Waals surface area contributed by atoms with Crippen LogP contribution >= 0.6 is 0 Å². The van der Waals surface area contributed by atoms with Gasteiger partial charge in [0, 0.05) is 49.1 Å². The molecule has 7 nitrogen and oxygen atoms in total. The molecule has 0 bridgehead atoms. The van der Waals surface area contributed by atoms with Crippen molar-refractivity contribution < 1.29 is 4.74 Å². The maximum Gasteiger partial charge on any atom is 0.224 e. The fourth-order valence-electron chi connectivity index (χ4n) is 3.85. The zero-order valence-corrected chi connectivity index (χ0v) is 16.2. The third-order valence-electron chi connectivity index (χ3n) is 5.53. The molecule has 28 heavy (non-hydrogen) atoms. The van der Waals surface area contributed by atoms with Crippen molar-refractivity contribution in [3.8, 4) is 17.0 Å². The summed E-state index contributed by atoms with van der Waals surface area (Å²) in [6, 6.07) is 4.35. The van der Waals surface area contributed by atoms with Crippen LogP contribution in [0.15, 0.2) is 30.7 Å². The van der Waals surface area contributed by atoms with Gasteiger partial charge in [0.05, 0.1) is 29.7 Å². The Labute approximate surface area is 164 Å². The maximum atomic E-state index is 6.14. The maximum absolute atomic E-state index is 6.14. The van der Waals surface area contributed by atoms with E-state index in [9.17, 15) is 0 Å². The van der Waals surface area contributed by atoms with Crippen LogP contribution < -0.4 is 10.1 Å². The molecular formula is C21H24N6O. The lowest BCUT2D eigenvalue weighted by molar-refractivity contribution is 0.285. The van der Waals surface area contributed by atoms with Gasteiger partial charge in [-0.25, -0.2) is 4.98 Å². The van der Waals surface area contributed by atoms with E-state index >= 15 is 0 Å². The van der Waals surface area contributed by atoms with Crippen molar-refractivity contribution in [2.24, 2.45) is 13.0 Å². The van der Waals surface area contributed by atoms with Crippen LogP contribution in [-0.2, 0) is 13.5 Å². The number of anilines is 1. The van der Waals surface area contributed by atoms with E-state index in [1.54, 1.807) is 4.68 Å². The molecule has 144 valence electrons. The van der Waals surface area contributed by atoms with E-state index in [2.05, 4.69) is 32.5 Å². The summed E-state index contributed by atoms with van der Waals surface area (Å²) in [6.45, 7) is 3.57. The zero-order chi connectivity index (χ0) is 19.1. The minimum atomic E-state index is 0.483. The Balaban J connectivity index is 1.28. The van der Waals surface area contributed by atoms with Crippen molar-refractivity contribution in [2.75, 3.05) is 18.5 Å². The number of aryl methyl sites for hydroxylation is 3. The smallest absolute Gasteiger partial charge is 0.224 e. The molecule has 1 N–H and O–H groups in total. The Morgan fingerprint density at radius 1 is 1.25 bits per heavy atom. The highest BCUT2D eigenvalue weighted by Gasteiger charge is 2.40. The van der Waals surface area contributed by atoms with Crippen molar-refractivity contribution in [3.05, 3.63) is 47.9 Å². The molecule has 1 aliphatic carbocycles. The lowest BCUT2D eigenvalue weighted by Gasteiger charge is -2.17. The number of hydrogen-bond acceptors (Lipinski definition) is 6. The van der Waals surface area contributed by atoms with Gasteiger partial charge >= 0.3 is 0 Å². The van der Waals surface area contributed by atoms with E-state index in [1.807, 2.05) is 32.6 Å². The lowest BCUT2D eigenvalue weighted by atomic mass is 10.1. The van der Waals surface area contributed by atoms with Crippen LogP contribution in [0.4, 0.5) is 5.69 Å². The van der Waals surface area contributed by atoms with Gasteiger partial charge < -0.3 is 10.1 Å². The Morgan fingerprint density at radius 2 is 2.18 bits per heavy atom. The minimum absolute atomic E-state index is 0.483. The molecule has 1 fully saturated rings. The predicted molar refractivity (Wildman–Crippen MR) is 106 cm³/mol. The Hall–Kier alpha value is -2.96. The van der Waals surface area contributed by atoms with Crippen LogP contribution in [0.3, 0.4) is 0 Å². The highest BCUT2D eigenvalue weighted by Crippen LogP contribution is 2.47. The molecular weight excluding hydrogens is 352 g/mol. The van der Waals surface area contributed by atoms with Crippen molar-refractivity contribution in [1.29, 1.82) is 0 Å². The van der Waals surface area contributed by atoms with E-state index in [0.29, 0.717) is 30.1 Å². The second-order valence-corrected chi connectivity index (χ2v) is 7.71. The minimum Gasteiger partial charge on any atom is -0.477 e. The number of ether oxygens (including phenoxy) is 1. The molecule has 2 aliphatic rings. The van der Waals surface area contributed by atoms with Gasteiger partial charge in [0.1, 0.15) is 5.82 Å². The molecule has 1 saturated carbocycles.